The Morgan fingerprint density at radius 1 is 1.31 bits per heavy atom. The van der Waals surface area contributed by atoms with Crippen molar-refractivity contribution >= 4 is 11.9 Å². The smallest absolute Gasteiger partial charge is 0.410 e. The summed E-state index contributed by atoms with van der Waals surface area (Å²) in [6.07, 6.45) is -0.397. The van der Waals surface area contributed by atoms with Crippen LogP contribution in [0, 0.1) is 5.92 Å². The van der Waals surface area contributed by atoms with E-state index in [0.717, 1.165) is 0 Å². The number of ether oxygens (including phenoxy) is 1. The van der Waals surface area contributed by atoms with E-state index in [1.54, 1.807) is 0 Å². The van der Waals surface area contributed by atoms with Gasteiger partial charge in [-0.2, -0.15) is 0 Å². The van der Waals surface area contributed by atoms with E-state index in [9.17, 15) is 9.59 Å². The Labute approximate surface area is 95.9 Å². The molecule has 2 atom stereocenters. The van der Waals surface area contributed by atoms with E-state index in [4.69, 9.17) is 10.5 Å². The van der Waals surface area contributed by atoms with Gasteiger partial charge in [0.15, 0.2) is 0 Å². The highest BCUT2D eigenvalue weighted by molar-refractivity contribution is 5.81. The molecule has 0 bridgehead atoms. The fraction of sp³-hybridized carbons (Fsp3) is 0.818. The average Bonchev–Trinajstić information content (AvgIpc) is 2.44. The van der Waals surface area contributed by atoms with Crippen LogP contribution < -0.4 is 5.73 Å². The summed E-state index contributed by atoms with van der Waals surface area (Å²) in [6, 6.07) is -0.273. The minimum absolute atomic E-state index is 0.0264. The van der Waals surface area contributed by atoms with Gasteiger partial charge in [-0.05, 0) is 27.7 Å². The first kappa shape index (κ1) is 13.0. The molecule has 1 aliphatic rings. The zero-order valence-electron chi connectivity index (χ0n) is 10.3. The summed E-state index contributed by atoms with van der Waals surface area (Å²) in [5.74, 6) is -0.230. The van der Waals surface area contributed by atoms with E-state index in [0.29, 0.717) is 13.1 Å². The van der Waals surface area contributed by atoms with Crippen molar-refractivity contribution in [3.63, 3.8) is 0 Å². The number of hydrogen-bond acceptors (Lipinski definition) is 4. The molecule has 0 aliphatic carbocycles. The average molecular weight is 228 g/mol. The fourth-order valence-corrected chi connectivity index (χ4v) is 1.73. The maximum atomic E-state index is 11.7. The van der Waals surface area contributed by atoms with Crippen LogP contribution in [0.1, 0.15) is 27.7 Å². The van der Waals surface area contributed by atoms with Crippen LogP contribution in [-0.2, 0) is 9.53 Å². The second-order valence-electron chi connectivity index (χ2n) is 5.27. The molecule has 0 aromatic rings. The van der Waals surface area contributed by atoms with Crippen LogP contribution in [0.5, 0.6) is 0 Å². The van der Waals surface area contributed by atoms with Gasteiger partial charge in [-0.25, -0.2) is 4.79 Å². The van der Waals surface area contributed by atoms with Gasteiger partial charge in [0.1, 0.15) is 11.4 Å². The lowest BCUT2D eigenvalue weighted by atomic mass is 10.0. The van der Waals surface area contributed by atoms with E-state index in [1.165, 1.54) is 11.8 Å². The molecule has 1 unspecified atom stereocenters. The van der Waals surface area contributed by atoms with Crippen LogP contribution in [0.15, 0.2) is 0 Å². The molecule has 1 rings (SSSR count). The molecule has 0 radical (unpaired) electrons. The molecule has 1 heterocycles. The third kappa shape index (κ3) is 3.20. The summed E-state index contributed by atoms with van der Waals surface area (Å²) in [5.41, 5.74) is 5.28. The van der Waals surface area contributed by atoms with Crippen LogP contribution in [0.4, 0.5) is 4.79 Å². The molecule has 1 amide bonds. The van der Waals surface area contributed by atoms with Crippen molar-refractivity contribution in [1.29, 1.82) is 0 Å². The highest BCUT2D eigenvalue weighted by atomic mass is 16.6. The van der Waals surface area contributed by atoms with E-state index in [-0.39, 0.29) is 17.7 Å². The lowest BCUT2D eigenvalue weighted by molar-refractivity contribution is -0.120. The molecule has 2 N–H and O–H groups in total. The van der Waals surface area contributed by atoms with Crippen LogP contribution in [-0.4, -0.2) is 41.5 Å². The Bertz CT molecular complexity index is 296. The third-order valence-electron chi connectivity index (χ3n) is 2.54. The quantitative estimate of drug-likeness (QED) is 0.719. The molecule has 0 aromatic carbocycles. The Hall–Kier alpha value is -1.10. The number of carbonyl (C=O) groups excluding carboxylic acids is 2. The summed E-state index contributed by atoms with van der Waals surface area (Å²) in [7, 11) is 0. The minimum Gasteiger partial charge on any atom is -0.444 e. The first-order chi connectivity index (χ1) is 7.20. The van der Waals surface area contributed by atoms with Gasteiger partial charge in [-0.15, -0.1) is 0 Å². The zero-order chi connectivity index (χ0) is 12.5. The Balaban J connectivity index is 2.58. The van der Waals surface area contributed by atoms with Gasteiger partial charge in [0.25, 0.3) is 0 Å². The highest BCUT2D eigenvalue weighted by Gasteiger charge is 2.37. The predicted octanol–water partition coefficient (Wildman–Crippen LogP) is 0.770. The SMILES string of the molecule is CC(=O)C1CN(C(=O)OC(C)(C)C)C[C@@H]1N. The normalized spacial score (nSPS) is 25.7. The maximum absolute atomic E-state index is 11.7. The number of Topliss-reactive ketones (excluding diaryl/α,β-unsaturated/α-hetero) is 1. The first-order valence-electron chi connectivity index (χ1n) is 5.44. The summed E-state index contributed by atoms with van der Waals surface area (Å²) >= 11 is 0. The minimum atomic E-state index is -0.518. The molecule has 1 aliphatic heterocycles. The van der Waals surface area contributed by atoms with E-state index >= 15 is 0 Å². The summed E-state index contributed by atoms with van der Waals surface area (Å²) in [6.45, 7) is 7.68. The van der Waals surface area contributed by atoms with E-state index in [2.05, 4.69) is 0 Å². The number of hydrogen-bond donors (Lipinski definition) is 1. The van der Waals surface area contributed by atoms with E-state index < -0.39 is 11.7 Å². The lowest BCUT2D eigenvalue weighted by Gasteiger charge is -2.24. The number of nitrogens with two attached hydrogens (primary N) is 1. The number of ketones is 1. The van der Waals surface area contributed by atoms with Gasteiger partial charge in [-0.1, -0.05) is 0 Å². The first-order valence-corrected chi connectivity index (χ1v) is 5.44. The highest BCUT2D eigenvalue weighted by Crippen LogP contribution is 2.19. The number of nitrogens with zero attached hydrogens (tertiary/aromatic N) is 1. The van der Waals surface area contributed by atoms with Crippen LogP contribution >= 0.6 is 0 Å². The largest absolute Gasteiger partial charge is 0.444 e. The van der Waals surface area contributed by atoms with Gasteiger partial charge in [0, 0.05) is 19.1 Å². The van der Waals surface area contributed by atoms with Gasteiger partial charge in [0.05, 0.1) is 5.92 Å². The van der Waals surface area contributed by atoms with Gasteiger partial charge >= 0.3 is 6.09 Å². The van der Waals surface area contributed by atoms with Gasteiger partial charge in [0.2, 0.25) is 0 Å². The van der Waals surface area contributed by atoms with Crippen LogP contribution in [0.3, 0.4) is 0 Å². The van der Waals surface area contributed by atoms with Crippen molar-refractivity contribution < 1.29 is 14.3 Å². The molecule has 0 aromatic heterocycles. The molecule has 0 spiro atoms. The summed E-state index contributed by atoms with van der Waals surface area (Å²) in [4.78, 5) is 24.5. The third-order valence-corrected chi connectivity index (χ3v) is 2.54. The second-order valence-corrected chi connectivity index (χ2v) is 5.27. The molecule has 5 heteroatoms. The van der Waals surface area contributed by atoms with Crippen LogP contribution in [0.25, 0.3) is 0 Å². The lowest BCUT2D eigenvalue weighted by Crippen LogP contribution is -2.36. The number of carbonyl (C=O) groups is 2. The standard InChI is InChI=1S/C11H20N2O3/c1-7(14)8-5-13(6-9(8)12)10(15)16-11(2,3)4/h8-9H,5-6,12H2,1-4H3/t8?,9-/m0/s1. The maximum Gasteiger partial charge on any atom is 0.410 e. The molecular weight excluding hydrogens is 208 g/mol. The van der Waals surface area contributed by atoms with Crippen molar-refractivity contribution in [3.05, 3.63) is 0 Å². The topological polar surface area (TPSA) is 72.6 Å². The monoisotopic (exact) mass is 228 g/mol. The molecular formula is C11H20N2O3. The Morgan fingerprint density at radius 2 is 1.88 bits per heavy atom. The molecule has 92 valence electrons. The molecule has 16 heavy (non-hydrogen) atoms. The van der Waals surface area contributed by atoms with E-state index in [1.807, 2.05) is 20.8 Å². The van der Waals surface area contributed by atoms with Crippen molar-refractivity contribution in [2.45, 2.75) is 39.3 Å². The zero-order valence-corrected chi connectivity index (χ0v) is 10.3. The fourth-order valence-electron chi connectivity index (χ4n) is 1.73. The Morgan fingerprint density at radius 3 is 2.25 bits per heavy atom. The molecule has 0 saturated carbocycles. The van der Waals surface area contributed by atoms with Gasteiger partial charge in [-0.3, -0.25) is 4.79 Å². The van der Waals surface area contributed by atoms with Crippen molar-refractivity contribution in [2.75, 3.05) is 13.1 Å². The number of rotatable bonds is 1. The molecule has 1 saturated heterocycles. The van der Waals surface area contributed by atoms with Crippen molar-refractivity contribution in [3.8, 4) is 0 Å². The van der Waals surface area contributed by atoms with Crippen molar-refractivity contribution in [2.24, 2.45) is 11.7 Å². The summed E-state index contributed by atoms with van der Waals surface area (Å²) in [5, 5.41) is 0. The molecule has 5 nitrogen and oxygen atoms in total. The predicted molar refractivity (Wildman–Crippen MR) is 60.0 cm³/mol. The molecule has 1 fully saturated rings. The number of amides is 1. The second kappa shape index (κ2) is 4.41. The number of likely N-dealkylation sites (tertiary alicyclic amines) is 1. The van der Waals surface area contributed by atoms with Crippen LogP contribution in [0.2, 0.25) is 0 Å². The van der Waals surface area contributed by atoms with Gasteiger partial charge < -0.3 is 15.4 Å². The van der Waals surface area contributed by atoms with Crippen molar-refractivity contribution in [1.82, 2.24) is 4.90 Å². The Kier molecular flexibility index (Phi) is 3.57. The summed E-state index contributed by atoms with van der Waals surface area (Å²) < 4.78 is 5.22.